The smallest absolute Gasteiger partial charge is 0.297 e. The van der Waals surface area contributed by atoms with Gasteiger partial charge in [0.25, 0.3) is 0 Å². The Balaban J connectivity index is 1.85. The van der Waals surface area contributed by atoms with E-state index in [1.165, 1.54) is 0 Å². The molecule has 0 N–H and O–H groups in total. The van der Waals surface area contributed by atoms with Crippen LogP contribution in [0.2, 0.25) is 5.15 Å². The van der Waals surface area contributed by atoms with E-state index >= 15 is 0 Å². The number of hydrogen-bond acceptors (Lipinski definition) is 3. The van der Waals surface area contributed by atoms with E-state index in [9.17, 15) is 13.2 Å². The number of halogens is 4. The van der Waals surface area contributed by atoms with Gasteiger partial charge in [0.1, 0.15) is 0 Å². The Bertz CT molecular complexity index is 386. The van der Waals surface area contributed by atoms with Crippen LogP contribution in [0.1, 0.15) is 18.5 Å². The molecule has 0 spiro atoms. The van der Waals surface area contributed by atoms with Crippen molar-refractivity contribution in [1.29, 1.82) is 0 Å². The summed E-state index contributed by atoms with van der Waals surface area (Å²) < 4.78 is 37.5. The Morgan fingerprint density at radius 3 is 2.39 bits per heavy atom. The quantitative estimate of drug-likeness (QED) is 0.833. The van der Waals surface area contributed by atoms with Crippen LogP contribution in [0.25, 0.3) is 0 Å². The van der Waals surface area contributed by atoms with E-state index in [2.05, 4.69) is 10.2 Å². The first kappa shape index (κ1) is 13.5. The summed E-state index contributed by atoms with van der Waals surface area (Å²) in [6, 6.07) is 3.37. The molecule has 0 aromatic carbocycles. The molecule has 1 aliphatic rings. The van der Waals surface area contributed by atoms with Gasteiger partial charge in [-0.25, -0.2) is 0 Å². The maximum atomic E-state index is 12.5. The van der Waals surface area contributed by atoms with Crippen molar-refractivity contribution < 1.29 is 13.2 Å². The highest BCUT2D eigenvalue weighted by Crippen LogP contribution is 2.34. The maximum absolute atomic E-state index is 12.5. The molecule has 7 heteroatoms. The van der Waals surface area contributed by atoms with Crippen molar-refractivity contribution >= 4 is 11.6 Å². The molecule has 18 heavy (non-hydrogen) atoms. The molecule has 0 bridgehead atoms. The van der Waals surface area contributed by atoms with Crippen LogP contribution in [-0.4, -0.2) is 34.4 Å². The summed E-state index contributed by atoms with van der Waals surface area (Å²) >= 11 is 5.61. The molecular formula is C11H13ClF3N3. The standard InChI is InChI=1S/C11H13ClF3N3/c12-10-2-1-9(16-17-10)7-18-5-3-8(4-6-18)11(13,14)15/h1-2,8H,3-7H2. The van der Waals surface area contributed by atoms with Crippen LogP contribution in [0, 0.1) is 5.92 Å². The summed E-state index contributed by atoms with van der Waals surface area (Å²) in [5, 5.41) is 7.92. The Morgan fingerprint density at radius 1 is 1.22 bits per heavy atom. The zero-order valence-electron chi connectivity index (χ0n) is 9.62. The minimum Gasteiger partial charge on any atom is -0.297 e. The van der Waals surface area contributed by atoms with Crippen molar-refractivity contribution in [3.05, 3.63) is 23.0 Å². The van der Waals surface area contributed by atoms with Crippen molar-refractivity contribution in [2.45, 2.75) is 25.6 Å². The van der Waals surface area contributed by atoms with Gasteiger partial charge in [0.2, 0.25) is 0 Å². The lowest BCUT2D eigenvalue weighted by molar-refractivity contribution is -0.185. The molecule has 1 aromatic heterocycles. The summed E-state index contributed by atoms with van der Waals surface area (Å²) in [4.78, 5) is 1.96. The number of aromatic nitrogens is 2. The monoisotopic (exact) mass is 279 g/mol. The molecule has 0 saturated carbocycles. The average molecular weight is 280 g/mol. The van der Waals surface area contributed by atoms with E-state index < -0.39 is 12.1 Å². The summed E-state index contributed by atoms with van der Waals surface area (Å²) in [5.41, 5.74) is 0.727. The predicted octanol–water partition coefficient (Wildman–Crippen LogP) is 2.90. The molecule has 1 saturated heterocycles. The molecule has 1 aliphatic heterocycles. The summed E-state index contributed by atoms with van der Waals surface area (Å²) in [6.45, 7) is 1.40. The summed E-state index contributed by atoms with van der Waals surface area (Å²) in [7, 11) is 0. The summed E-state index contributed by atoms with van der Waals surface area (Å²) in [6.07, 6.45) is -3.75. The lowest BCUT2D eigenvalue weighted by Gasteiger charge is -2.32. The van der Waals surface area contributed by atoms with Crippen LogP contribution in [0.3, 0.4) is 0 Å². The average Bonchev–Trinajstić information content (AvgIpc) is 2.32. The first-order valence-corrected chi connectivity index (χ1v) is 6.10. The highest BCUT2D eigenvalue weighted by molar-refractivity contribution is 6.29. The van der Waals surface area contributed by atoms with Gasteiger partial charge >= 0.3 is 6.18 Å². The molecule has 0 unspecified atom stereocenters. The van der Waals surface area contributed by atoms with E-state index in [-0.39, 0.29) is 12.8 Å². The highest BCUT2D eigenvalue weighted by Gasteiger charge is 2.40. The van der Waals surface area contributed by atoms with Crippen LogP contribution >= 0.6 is 11.6 Å². The fraction of sp³-hybridized carbons (Fsp3) is 0.636. The molecule has 2 heterocycles. The van der Waals surface area contributed by atoms with Gasteiger partial charge in [-0.15, -0.1) is 5.10 Å². The minimum absolute atomic E-state index is 0.157. The fourth-order valence-corrected chi connectivity index (χ4v) is 2.18. The molecule has 0 aliphatic carbocycles. The van der Waals surface area contributed by atoms with Crippen LogP contribution in [0.15, 0.2) is 12.1 Å². The molecule has 2 rings (SSSR count). The van der Waals surface area contributed by atoms with E-state index in [4.69, 9.17) is 11.6 Å². The molecule has 1 fully saturated rings. The molecule has 0 amide bonds. The topological polar surface area (TPSA) is 29.0 Å². The zero-order chi connectivity index (χ0) is 13.2. The Hall–Kier alpha value is -0.880. The maximum Gasteiger partial charge on any atom is 0.391 e. The van der Waals surface area contributed by atoms with Gasteiger partial charge in [-0.3, -0.25) is 4.90 Å². The molecule has 0 atom stereocenters. The van der Waals surface area contributed by atoms with Crippen LogP contribution in [0.5, 0.6) is 0 Å². The van der Waals surface area contributed by atoms with E-state index in [1.807, 2.05) is 4.90 Å². The lowest BCUT2D eigenvalue weighted by atomic mass is 9.96. The van der Waals surface area contributed by atoms with Crippen molar-refractivity contribution in [2.75, 3.05) is 13.1 Å². The van der Waals surface area contributed by atoms with Crippen LogP contribution in [-0.2, 0) is 6.54 Å². The molecule has 3 nitrogen and oxygen atoms in total. The lowest BCUT2D eigenvalue weighted by Crippen LogP contribution is -2.38. The normalized spacial score (nSPS) is 19.1. The van der Waals surface area contributed by atoms with E-state index in [0.717, 1.165) is 5.69 Å². The largest absolute Gasteiger partial charge is 0.391 e. The number of likely N-dealkylation sites (tertiary alicyclic amines) is 1. The highest BCUT2D eigenvalue weighted by atomic mass is 35.5. The van der Waals surface area contributed by atoms with Crippen LogP contribution < -0.4 is 0 Å². The first-order valence-electron chi connectivity index (χ1n) is 5.72. The number of nitrogens with zero attached hydrogens (tertiary/aromatic N) is 3. The Kier molecular flexibility index (Phi) is 4.07. The number of alkyl halides is 3. The summed E-state index contributed by atoms with van der Waals surface area (Å²) in [5.74, 6) is -1.16. The van der Waals surface area contributed by atoms with Gasteiger partial charge in [-0.05, 0) is 38.1 Å². The van der Waals surface area contributed by atoms with Crippen molar-refractivity contribution in [2.24, 2.45) is 5.92 Å². The minimum atomic E-state index is -4.06. The number of hydrogen-bond donors (Lipinski definition) is 0. The SMILES string of the molecule is FC(F)(F)C1CCN(Cc2ccc(Cl)nn2)CC1. The third-order valence-electron chi connectivity index (χ3n) is 3.12. The third-order valence-corrected chi connectivity index (χ3v) is 3.32. The number of rotatable bonds is 2. The second-order valence-electron chi connectivity index (χ2n) is 4.44. The van der Waals surface area contributed by atoms with Crippen LogP contribution in [0.4, 0.5) is 13.2 Å². The Morgan fingerprint density at radius 2 is 1.89 bits per heavy atom. The zero-order valence-corrected chi connectivity index (χ0v) is 10.4. The Labute approximate surface area is 108 Å². The molecule has 1 aromatic rings. The van der Waals surface area contributed by atoms with E-state index in [0.29, 0.717) is 24.8 Å². The van der Waals surface area contributed by atoms with Gasteiger partial charge in [-0.1, -0.05) is 11.6 Å². The van der Waals surface area contributed by atoms with Crippen molar-refractivity contribution in [3.63, 3.8) is 0 Å². The van der Waals surface area contributed by atoms with Gasteiger partial charge in [0, 0.05) is 6.54 Å². The fourth-order valence-electron chi connectivity index (χ4n) is 2.08. The van der Waals surface area contributed by atoms with Gasteiger partial charge < -0.3 is 0 Å². The van der Waals surface area contributed by atoms with Crippen molar-refractivity contribution in [3.8, 4) is 0 Å². The number of piperidine rings is 1. The van der Waals surface area contributed by atoms with Gasteiger partial charge in [-0.2, -0.15) is 18.3 Å². The molecule has 0 radical (unpaired) electrons. The third kappa shape index (κ3) is 3.55. The second-order valence-corrected chi connectivity index (χ2v) is 4.83. The van der Waals surface area contributed by atoms with Gasteiger partial charge in [0.05, 0.1) is 11.6 Å². The second kappa shape index (κ2) is 5.40. The van der Waals surface area contributed by atoms with E-state index in [1.54, 1.807) is 12.1 Å². The molecule has 100 valence electrons. The van der Waals surface area contributed by atoms with Crippen molar-refractivity contribution in [1.82, 2.24) is 15.1 Å². The predicted molar refractivity (Wildman–Crippen MR) is 61.1 cm³/mol. The first-order chi connectivity index (χ1) is 8.45. The van der Waals surface area contributed by atoms with Gasteiger partial charge in [0.15, 0.2) is 5.15 Å². The molecular weight excluding hydrogens is 267 g/mol.